The molecule has 0 spiro atoms. The van der Waals surface area contributed by atoms with Gasteiger partial charge in [-0.05, 0) is 49.8 Å². The number of benzene rings is 2. The van der Waals surface area contributed by atoms with E-state index in [9.17, 15) is 13.2 Å². The molecule has 1 aliphatic heterocycles. The molecule has 4 rings (SSSR count). The normalized spacial score (nSPS) is 14.8. The van der Waals surface area contributed by atoms with E-state index in [0.29, 0.717) is 42.5 Å². The predicted molar refractivity (Wildman–Crippen MR) is 131 cm³/mol. The van der Waals surface area contributed by atoms with Gasteiger partial charge in [0.05, 0.1) is 26.3 Å². The number of hydrogen-bond donors (Lipinski definition) is 1. The highest BCUT2D eigenvalue weighted by atomic mass is 19.4. The highest BCUT2D eigenvalue weighted by Crippen LogP contribution is 2.37. The Balaban J connectivity index is 1.18. The number of methoxy groups -OCH3 is 2. The maximum Gasteiger partial charge on any atom is 0.416 e. The van der Waals surface area contributed by atoms with Crippen molar-refractivity contribution in [3.05, 3.63) is 59.9 Å². The zero-order valence-corrected chi connectivity index (χ0v) is 20.5. The molecule has 0 aliphatic carbocycles. The summed E-state index contributed by atoms with van der Waals surface area (Å²) < 4.78 is 55.3. The average Bonchev–Trinajstić information content (AvgIpc) is 3.36. The van der Waals surface area contributed by atoms with Gasteiger partial charge < -0.3 is 24.2 Å². The molecule has 2 heterocycles. The molecular formula is C26H31F3N4O3. The number of piperazine rings is 1. The zero-order valence-electron chi connectivity index (χ0n) is 20.5. The van der Waals surface area contributed by atoms with Crippen LogP contribution in [0.5, 0.6) is 11.5 Å². The van der Waals surface area contributed by atoms with Crippen LogP contribution in [0.25, 0.3) is 11.3 Å². The third kappa shape index (κ3) is 6.30. The smallest absolute Gasteiger partial charge is 0.416 e. The lowest BCUT2D eigenvalue weighted by atomic mass is 10.1. The maximum absolute atomic E-state index is 13.0. The molecule has 0 unspecified atom stereocenters. The molecular weight excluding hydrogens is 473 g/mol. The van der Waals surface area contributed by atoms with E-state index in [-0.39, 0.29) is 0 Å². The van der Waals surface area contributed by atoms with Crippen LogP contribution in [0.4, 0.5) is 18.9 Å². The van der Waals surface area contributed by atoms with Gasteiger partial charge in [0.25, 0.3) is 0 Å². The first kappa shape index (κ1) is 25.8. The third-order valence-electron chi connectivity index (χ3n) is 6.28. The van der Waals surface area contributed by atoms with Gasteiger partial charge in [-0.25, -0.2) is 0 Å². The fourth-order valence-corrected chi connectivity index (χ4v) is 4.36. The molecule has 2 aromatic carbocycles. The Morgan fingerprint density at radius 1 is 1.00 bits per heavy atom. The average molecular weight is 505 g/mol. The van der Waals surface area contributed by atoms with Gasteiger partial charge in [-0.3, -0.25) is 4.90 Å². The Morgan fingerprint density at radius 2 is 1.78 bits per heavy atom. The van der Waals surface area contributed by atoms with Gasteiger partial charge in [0.2, 0.25) is 0 Å². The van der Waals surface area contributed by atoms with Gasteiger partial charge in [-0.15, -0.1) is 0 Å². The summed E-state index contributed by atoms with van der Waals surface area (Å²) in [5, 5.41) is 7.55. The van der Waals surface area contributed by atoms with Gasteiger partial charge in [-0.2, -0.15) is 13.2 Å². The molecule has 1 aromatic heterocycles. The van der Waals surface area contributed by atoms with Crippen LogP contribution < -0.4 is 19.7 Å². The fourth-order valence-electron chi connectivity index (χ4n) is 4.36. The quantitative estimate of drug-likeness (QED) is 0.402. The largest absolute Gasteiger partial charge is 0.493 e. The van der Waals surface area contributed by atoms with Crippen molar-refractivity contribution in [1.82, 2.24) is 15.4 Å². The van der Waals surface area contributed by atoms with Crippen LogP contribution in [-0.4, -0.2) is 63.5 Å². The van der Waals surface area contributed by atoms with Crippen molar-refractivity contribution in [2.75, 3.05) is 58.4 Å². The fraction of sp³-hybridized carbons (Fsp3) is 0.423. The Bertz CT molecular complexity index is 1130. The monoisotopic (exact) mass is 504 g/mol. The standard InChI is InChI=1S/C26H31F3N4O3/c1-34-24-9-4-8-22(25(24)35-2)23-17-21(36-31-23)18-30-10-5-11-32-12-14-33(15-13-32)20-7-3-6-19(16-20)26(27,28)29/h3-4,6-9,16-17,30H,5,10-15,18H2,1-2H3. The van der Waals surface area contributed by atoms with Gasteiger partial charge in [0.1, 0.15) is 5.69 Å². The first-order valence-electron chi connectivity index (χ1n) is 11.9. The molecule has 1 N–H and O–H groups in total. The molecule has 0 atom stereocenters. The molecule has 1 fully saturated rings. The number of anilines is 1. The van der Waals surface area contributed by atoms with Crippen LogP contribution in [-0.2, 0) is 12.7 Å². The second-order valence-corrected chi connectivity index (χ2v) is 8.63. The summed E-state index contributed by atoms with van der Waals surface area (Å²) in [4.78, 5) is 4.36. The lowest BCUT2D eigenvalue weighted by molar-refractivity contribution is -0.137. The van der Waals surface area contributed by atoms with Crippen molar-refractivity contribution in [3.63, 3.8) is 0 Å². The van der Waals surface area contributed by atoms with Gasteiger partial charge >= 0.3 is 6.18 Å². The summed E-state index contributed by atoms with van der Waals surface area (Å²) in [6.45, 7) is 5.36. The summed E-state index contributed by atoms with van der Waals surface area (Å²) in [7, 11) is 3.19. The topological polar surface area (TPSA) is 63.0 Å². The first-order valence-corrected chi connectivity index (χ1v) is 11.9. The van der Waals surface area contributed by atoms with E-state index in [4.69, 9.17) is 14.0 Å². The second kappa shape index (κ2) is 11.7. The summed E-state index contributed by atoms with van der Waals surface area (Å²) >= 11 is 0. The predicted octanol–water partition coefficient (Wildman–Crippen LogP) is 4.68. The lowest BCUT2D eigenvalue weighted by Crippen LogP contribution is -2.47. The molecule has 0 radical (unpaired) electrons. The van der Waals surface area contributed by atoms with Crippen LogP contribution in [0.15, 0.2) is 53.1 Å². The second-order valence-electron chi connectivity index (χ2n) is 8.63. The van der Waals surface area contributed by atoms with Crippen LogP contribution in [0, 0.1) is 0 Å². The number of alkyl halides is 3. The van der Waals surface area contributed by atoms with Crippen molar-refractivity contribution in [2.45, 2.75) is 19.1 Å². The molecule has 3 aromatic rings. The highest BCUT2D eigenvalue weighted by Gasteiger charge is 2.31. The number of aromatic nitrogens is 1. The van der Waals surface area contributed by atoms with Gasteiger partial charge in [-0.1, -0.05) is 17.3 Å². The SMILES string of the molecule is COc1cccc(-c2cc(CNCCCN3CCN(c4cccc(C(F)(F)F)c4)CC3)on2)c1OC. The summed E-state index contributed by atoms with van der Waals surface area (Å²) in [6.07, 6.45) is -3.37. The molecule has 36 heavy (non-hydrogen) atoms. The molecule has 0 bridgehead atoms. The van der Waals surface area contributed by atoms with E-state index in [2.05, 4.69) is 15.4 Å². The molecule has 7 nitrogen and oxygen atoms in total. The summed E-state index contributed by atoms with van der Waals surface area (Å²) in [5.41, 5.74) is 1.51. The summed E-state index contributed by atoms with van der Waals surface area (Å²) in [5.74, 6) is 1.97. The van der Waals surface area contributed by atoms with Crippen LogP contribution in [0.1, 0.15) is 17.7 Å². The lowest BCUT2D eigenvalue weighted by Gasteiger charge is -2.36. The van der Waals surface area contributed by atoms with Crippen molar-refractivity contribution in [2.24, 2.45) is 0 Å². The molecule has 1 aliphatic rings. The number of rotatable bonds is 10. The number of nitrogens with zero attached hydrogens (tertiary/aromatic N) is 3. The number of ether oxygens (including phenoxy) is 2. The van der Waals surface area contributed by atoms with Crippen molar-refractivity contribution in [3.8, 4) is 22.8 Å². The van der Waals surface area contributed by atoms with E-state index < -0.39 is 11.7 Å². The minimum Gasteiger partial charge on any atom is -0.493 e. The Labute approximate surface area is 208 Å². The number of halogens is 3. The first-order chi connectivity index (χ1) is 17.4. The summed E-state index contributed by atoms with van der Waals surface area (Å²) in [6, 6.07) is 13.1. The van der Waals surface area contributed by atoms with Crippen LogP contribution in [0.3, 0.4) is 0 Å². The molecule has 1 saturated heterocycles. The zero-order chi connectivity index (χ0) is 25.5. The van der Waals surface area contributed by atoms with Crippen molar-refractivity contribution < 1.29 is 27.2 Å². The Hall–Kier alpha value is -3.24. The Morgan fingerprint density at radius 3 is 2.50 bits per heavy atom. The van der Waals surface area contributed by atoms with E-state index >= 15 is 0 Å². The third-order valence-corrected chi connectivity index (χ3v) is 6.28. The van der Waals surface area contributed by atoms with E-state index in [1.807, 2.05) is 29.2 Å². The van der Waals surface area contributed by atoms with Crippen molar-refractivity contribution >= 4 is 5.69 Å². The van der Waals surface area contributed by atoms with Gasteiger partial charge in [0, 0.05) is 43.5 Å². The number of nitrogens with one attached hydrogen (secondary N) is 1. The molecule has 0 amide bonds. The highest BCUT2D eigenvalue weighted by molar-refractivity contribution is 5.71. The van der Waals surface area contributed by atoms with E-state index in [0.717, 1.165) is 50.0 Å². The Kier molecular flexibility index (Phi) is 8.37. The minimum absolute atomic E-state index is 0.558. The van der Waals surface area contributed by atoms with Gasteiger partial charge in [0.15, 0.2) is 17.3 Å². The van der Waals surface area contributed by atoms with Crippen LogP contribution >= 0.6 is 0 Å². The molecule has 0 saturated carbocycles. The number of para-hydroxylation sites is 1. The maximum atomic E-state index is 13.0. The van der Waals surface area contributed by atoms with Crippen molar-refractivity contribution in [1.29, 1.82) is 0 Å². The van der Waals surface area contributed by atoms with E-state index in [1.54, 1.807) is 20.3 Å². The van der Waals surface area contributed by atoms with E-state index in [1.165, 1.54) is 12.1 Å². The van der Waals surface area contributed by atoms with Crippen LogP contribution in [0.2, 0.25) is 0 Å². The minimum atomic E-state index is -4.32. The molecule has 10 heteroatoms. The molecule has 194 valence electrons. The number of hydrogen-bond acceptors (Lipinski definition) is 7.